The molecule has 0 radical (unpaired) electrons. The summed E-state index contributed by atoms with van der Waals surface area (Å²) < 4.78 is 7.51. The summed E-state index contributed by atoms with van der Waals surface area (Å²) in [6.07, 6.45) is 3.62. The minimum Gasteiger partial charge on any atom is -0.480 e. The third kappa shape index (κ3) is 5.51. The SMILES string of the molecule is CCCn1cc(Br)cc1C(=O)NC(CCCOC)C(=O)O. The first-order valence-electron chi connectivity index (χ1n) is 6.87. The van der Waals surface area contributed by atoms with Crippen molar-refractivity contribution >= 4 is 27.8 Å². The van der Waals surface area contributed by atoms with Crippen LogP contribution < -0.4 is 5.32 Å². The van der Waals surface area contributed by atoms with Gasteiger partial charge in [-0.1, -0.05) is 6.92 Å². The van der Waals surface area contributed by atoms with Crippen LogP contribution in [0, 0.1) is 0 Å². The van der Waals surface area contributed by atoms with Crippen molar-refractivity contribution in [3.8, 4) is 0 Å². The summed E-state index contributed by atoms with van der Waals surface area (Å²) in [5.74, 6) is -1.41. The van der Waals surface area contributed by atoms with Crippen LogP contribution in [0.3, 0.4) is 0 Å². The molecule has 118 valence electrons. The summed E-state index contributed by atoms with van der Waals surface area (Å²) in [4.78, 5) is 23.5. The molecule has 1 rings (SSSR count). The zero-order valence-corrected chi connectivity index (χ0v) is 13.9. The highest BCUT2D eigenvalue weighted by atomic mass is 79.9. The molecule has 21 heavy (non-hydrogen) atoms. The predicted octanol–water partition coefficient (Wildman–Crippen LogP) is 2.27. The molecule has 2 N–H and O–H groups in total. The summed E-state index contributed by atoms with van der Waals surface area (Å²) in [6.45, 7) is 3.19. The van der Waals surface area contributed by atoms with Gasteiger partial charge in [-0.25, -0.2) is 4.79 Å². The fourth-order valence-corrected chi connectivity index (χ4v) is 2.48. The van der Waals surface area contributed by atoms with Crippen LogP contribution in [0.1, 0.15) is 36.7 Å². The van der Waals surface area contributed by atoms with Crippen molar-refractivity contribution in [1.82, 2.24) is 9.88 Å². The first-order chi connectivity index (χ1) is 9.99. The van der Waals surface area contributed by atoms with E-state index in [4.69, 9.17) is 4.74 Å². The average Bonchev–Trinajstić information content (AvgIpc) is 2.79. The second kappa shape index (κ2) is 8.84. The van der Waals surface area contributed by atoms with E-state index in [1.165, 1.54) is 0 Å². The van der Waals surface area contributed by atoms with Crippen LogP contribution in [0.4, 0.5) is 0 Å². The lowest BCUT2D eigenvalue weighted by Crippen LogP contribution is -2.41. The molecule has 1 aromatic heterocycles. The Bertz CT molecular complexity index is 487. The summed E-state index contributed by atoms with van der Waals surface area (Å²) in [7, 11) is 1.56. The molecule has 7 heteroatoms. The van der Waals surface area contributed by atoms with Crippen molar-refractivity contribution in [3.63, 3.8) is 0 Å². The maximum absolute atomic E-state index is 12.3. The van der Waals surface area contributed by atoms with E-state index in [0.717, 1.165) is 10.9 Å². The van der Waals surface area contributed by atoms with E-state index in [-0.39, 0.29) is 5.91 Å². The van der Waals surface area contributed by atoms with Gasteiger partial charge in [0.1, 0.15) is 11.7 Å². The Balaban J connectivity index is 2.74. The number of hydrogen-bond acceptors (Lipinski definition) is 3. The topological polar surface area (TPSA) is 80.6 Å². The molecule has 0 aromatic carbocycles. The number of aliphatic carboxylic acids is 1. The Hall–Kier alpha value is -1.34. The number of halogens is 1. The van der Waals surface area contributed by atoms with Crippen LogP contribution in [-0.2, 0) is 16.1 Å². The number of carboxylic acids is 1. The molecular formula is C14H21BrN2O4. The van der Waals surface area contributed by atoms with E-state index in [2.05, 4.69) is 21.2 Å². The molecule has 1 aromatic rings. The quantitative estimate of drug-likeness (QED) is 0.662. The van der Waals surface area contributed by atoms with Crippen LogP contribution in [0.5, 0.6) is 0 Å². The molecule has 0 saturated carbocycles. The minimum absolute atomic E-state index is 0.338. The van der Waals surface area contributed by atoms with Crippen molar-refractivity contribution in [3.05, 3.63) is 22.4 Å². The Kier molecular flexibility index (Phi) is 7.45. The number of carboxylic acid groups (broad SMARTS) is 1. The minimum atomic E-state index is -1.04. The maximum Gasteiger partial charge on any atom is 0.326 e. The first-order valence-corrected chi connectivity index (χ1v) is 7.67. The van der Waals surface area contributed by atoms with Crippen LogP contribution in [0.15, 0.2) is 16.7 Å². The van der Waals surface area contributed by atoms with Gasteiger partial charge in [-0.05, 0) is 41.3 Å². The molecular weight excluding hydrogens is 340 g/mol. The summed E-state index contributed by atoms with van der Waals surface area (Å²) in [6, 6.07) is 0.787. The van der Waals surface area contributed by atoms with Gasteiger partial charge in [-0.3, -0.25) is 4.79 Å². The van der Waals surface area contributed by atoms with Gasteiger partial charge in [0.05, 0.1) is 0 Å². The van der Waals surface area contributed by atoms with Gasteiger partial charge in [0.2, 0.25) is 0 Å². The summed E-state index contributed by atoms with van der Waals surface area (Å²) >= 11 is 3.33. The van der Waals surface area contributed by atoms with E-state index in [0.29, 0.717) is 31.7 Å². The third-order valence-electron chi connectivity index (χ3n) is 3.01. The molecule has 0 spiro atoms. The van der Waals surface area contributed by atoms with Gasteiger partial charge in [0.15, 0.2) is 0 Å². The van der Waals surface area contributed by atoms with E-state index < -0.39 is 12.0 Å². The number of methoxy groups -OCH3 is 1. The molecule has 0 aliphatic heterocycles. The summed E-state index contributed by atoms with van der Waals surface area (Å²) in [5, 5.41) is 11.7. The number of ether oxygens (including phenoxy) is 1. The smallest absolute Gasteiger partial charge is 0.326 e. The number of hydrogen-bond donors (Lipinski definition) is 2. The highest BCUT2D eigenvalue weighted by Crippen LogP contribution is 2.16. The van der Waals surface area contributed by atoms with Gasteiger partial charge in [-0.15, -0.1) is 0 Å². The highest BCUT2D eigenvalue weighted by molar-refractivity contribution is 9.10. The molecule has 0 bridgehead atoms. The zero-order valence-electron chi connectivity index (χ0n) is 12.3. The van der Waals surface area contributed by atoms with Crippen LogP contribution in [0.2, 0.25) is 0 Å². The van der Waals surface area contributed by atoms with E-state index in [1.54, 1.807) is 13.2 Å². The molecule has 1 unspecified atom stereocenters. The third-order valence-corrected chi connectivity index (χ3v) is 3.44. The molecule has 0 aliphatic rings. The van der Waals surface area contributed by atoms with Gasteiger partial charge in [0, 0.05) is 30.9 Å². The second-order valence-electron chi connectivity index (χ2n) is 4.74. The number of nitrogens with one attached hydrogen (secondary N) is 1. The number of aromatic nitrogens is 1. The van der Waals surface area contributed by atoms with Gasteiger partial charge in [-0.2, -0.15) is 0 Å². The van der Waals surface area contributed by atoms with Crippen molar-refractivity contribution in [2.75, 3.05) is 13.7 Å². The molecule has 0 saturated heterocycles. The van der Waals surface area contributed by atoms with Crippen LogP contribution in [0.25, 0.3) is 0 Å². The van der Waals surface area contributed by atoms with Crippen molar-refractivity contribution in [2.24, 2.45) is 0 Å². The van der Waals surface area contributed by atoms with E-state index >= 15 is 0 Å². The number of rotatable bonds is 9. The number of aryl methyl sites for hydroxylation is 1. The monoisotopic (exact) mass is 360 g/mol. The lowest BCUT2D eigenvalue weighted by atomic mass is 10.1. The highest BCUT2D eigenvalue weighted by Gasteiger charge is 2.22. The van der Waals surface area contributed by atoms with Crippen LogP contribution in [-0.4, -0.2) is 41.3 Å². The Labute approximate surface area is 132 Å². The standard InChI is InChI=1S/C14H21BrN2O4/c1-3-6-17-9-10(15)8-12(17)13(18)16-11(14(19)20)5-4-7-21-2/h8-9,11H,3-7H2,1-2H3,(H,16,18)(H,19,20). The fourth-order valence-electron chi connectivity index (χ4n) is 2.01. The summed E-state index contributed by atoms with van der Waals surface area (Å²) in [5.41, 5.74) is 0.460. The largest absolute Gasteiger partial charge is 0.480 e. The fraction of sp³-hybridized carbons (Fsp3) is 0.571. The van der Waals surface area contributed by atoms with Crippen molar-refractivity contribution in [1.29, 1.82) is 0 Å². The van der Waals surface area contributed by atoms with Gasteiger partial charge >= 0.3 is 5.97 Å². The van der Waals surface area contributed by atoms with E-state index in [9.17, 15) is 14.7 Å². The zero-order chi connectivity index (χ0) is 15.8. The first kappa shape index (κ1) is 17.7. The number of carbonyl (C=O) groups excluding carboxylic acids is 1. The van der Waals surface area contributed by atoms with E-state index in [1.807, 2.05) is 17.7 Å². The predicted molar refractivity (Wildman–Crippen MR) is 82.4 cm³/mol. The lowest BCUT2D eigenvalue weighted by molar-refractivity contribution is -0.139. The van der Waals surface area contributed by atoms with Gasteiger partial charge in [0.25, 0.3) is 5.91 Å². The average molecular weight is 361 g/mol. The molecule has 1 heterocycles. The molecule has 6 nitrogen and oxygen atoms in total. The van der Waals surface area contributed by atoms with Crippen molar-refractivity contribution in [2.45, 2.75) is 38.8 Å². The lowest BCUT2D eigenvalue weighted by Gasteiger charge is -2.15. The Morgan fingerprint density at radius 3 is 2.81 bits per heavy atom. The Morgan fingerprint density at radius 2 is 2.24 bits per heavy atom. The number of nitrogens with zero attached hydrogens (tertiary/aromatic N) is 1. The van der Waals surface area contributed by atoms with Crippen molar-refractivity contribution < 1.29 is 19.4 Å². The van der Waals surface area contributed by atoms with Crippen LogP contribution >= 0.6 is 15.9 Å². The molecule has 0 fully saturated rings. The molecule has 1 amide bonds. The molecule has 0 aliphatic carbocycles. The molecule has 1 atom stereocenters. The number of carbonyl (C=O) groups is 2. The Morgan fingerprint density at radius 1 is 1.52 bits per heavy atom. The maximum atomic E-state index is 12.3. The van der Waals surface area contributed by atoms with Gasteiger partial charge < -0.3 is 19.7 Å². The normalized spacial score (nSPS) is 12.1. The number of amides is 1. The second-order valence-corrected chi connectivity index (χ2v) is 5.65.